The Kier molecular flexibility index (Phi) is 9.09. The van der Waals surface area contributed by atoms with Gasteiger partial charge in [-0.3, -0.25) is 14.9 Å². The van der Waals surface area contributed by atoms with Crippen LogP contribution in [-0.2, 0) is 11.3 Å². The monoisotopic (exact) mass is 556 g/mol. The summed E-state index contributed by atoms with van der Waals surface area (Å²) in [6.45, 7) is 5.50. The predicted octanol–water partition coefficient (Wildman–Crippen LogP) is 6.64. The maximum absolute atomic E-state index is 13.9. The Balaban J connectivity index is 1.42. The van der Waals surface area contributed by atoms with Crippen molar-refractivity contribution in [1.29, 1.82) is 0 Å². The molecule has 7 nitrogen and oxygen atoms in total. The van der Waals surface area contributed by atoms with Crippen molar-refractivity contribution < 1.29 is 14.1 Å². The fraction of sp³-hybridized carbons (Fsp3) is 0.364. The van der Waals surface area contributed by atoms with Crippen molar-refractivity contribution in [3.05, 3.63) is 112 Å². The minimum Gasteiger partial charge on any atom is -0.356 e. The summed E-state index contributed by atoms with van der Waals surface area (Å²) < 4.78 is 15.9. The number of nitrogens with one attached hydrogen (secondary N) is 1. The lowest BCUT2D eigenvalue weighted by molar-refractivity contribution is -0.384. The van der Waals surface area contributed by atoms with E-state index in [9.17, 15) is 19.3 Å². The number of nitro benzene ring substituents is 1. The molecule has 1 fully saturated rings. The van der Waals surface area contributed by atoms with Gasteiger partial charge in [-0.1, -0.05) is 48.9 Å². The molecule has 0 aliphatic carbocycles. The third kappa shape index (κ3) is 7.00. The fourth-order valence-electron chi connectivity index (χ4n) is 5.97. The number of likely N-dealkylation sites (tertiary alicyclic amines) is 1. The van der Waals surface area contributed by atoms with Crippen molar-refractivity contribution >= 4 is 22.5 Å². The minimum absolute atomic E-state index is 0.00883. The molecule has 1 N–H and O–H groups in total. The zero-order chi connectivity index (χ0) is 28.8. The Hall–Kier alpha value is -4.04. The number of nitrogens with zero attached hydrogens (tertiary/aromatic N) is 3. The normalized spacial score (nSPS) is 16.5. The van der Waals surface area contributed by atoms with Gasteiger partial charge in [0.15, 0.2) is 0 Å². The molecule has 0 saturated carbocycles. The van der Waals surface area contributed by atoms with Gasteiger partial charge >= 0.3 is 0 Å². The highest BCUT2D eigenvalue weighted by atomic mass is 19.1. The second kappa shape index (κ2) is 13.1. The smallest absolute Gasteiger partial charge is 0.270 e. The first-order valence-corrected chi connectivity index (χ1v) is 14.5. The SMILES string of the molecule is CC1CCCCN1CCCNC(=O)CC(c1ccc(F)cc1)c1cn(Cc2ccccc2)c2ccc([N+](=O)[O-])cc12. The molecule has 2 atom stereocenters. The quantitative estimate of drug-likeness (QED) is 0.128. The van der Waals surface area contributed by atoms with Crippen LogP contribution in [0.4, 0.5) is 10.1 Å². The van der Waals surface area contributed by atoms with Gasteiger partial charge in [0.25, 0.3) is 5.69 Å². The first-order valence-electron chi connectivity index (χ1n) is 14.5. The number of aromatic nitrogens is 1. The summed E-state index contributed by atoms with van der Waals surface area (Å²) in [6.07, 6.45) is 6.75. The van der Waals surface area contributed by atoms with Crippen LogP contribution >= 0.6 is 0 Å². The molecule has 3 aromatic carbocycles. The molecule has 2 heterocycles. The molecular weight excluding hydrogens is 519 g/mol. The largest absolute Gasteiger partial charge is 0.356 e. The molecule has 4 aromatic rings. The van der Waals surface area contributed by atoms with Gasteiger partial charge in [-0.15, -0.1) is 0 Å². The molecule has 214 valence electrons. The number of hydrogen-bond acceptors (Lipinski definition) is 4. The van der Waals surface area contributed by atoms with Crippen LogP contribution in [0.3, 0.4) is 0 Å². The number of carbonyl (C=O) groups excluding carboxylic acids is 1. The maximum atomic E-state index is 13.9. The van der Waals surface area contributed by atoms with E-state index in [-0.39, 0.29) is 23.8 Å². The lowest BCUT2D eigenvalue weighted by atomic mass is 9.88. The van der Waals surface area contributed by atoms with E-state index in [2.05, 4.69) is 21.7 Å². The predicted molar refractivity (Wildman–Crippen MR) is 160 cm³/mol. The Labute approximate surface area is 240 Å². The van der Waals surface area contributed by atoms with Crippen LogP contribution in [0.1, 0.15) is 61.6 Å². The number of rotatable bonds is 11. The van der Waals surface area contributed by atoms with Gasteiger partial charge in [0, 0.05) is 67.2 Å². The molecule has 0 radical (unpaired) electrons. The molecule has 1 aliphatic rings. The number of fused-ring (bicyclic) bond motifs is 1. The van der Waals surface area contributed by atoms with Gasteiger partial charge in [-0.25, -0.2) is 4.39 Å². The molecule has 0 spiro atoms. The van der Waals surface area contributed by atoms with Crippen LogP contribution in [0.5, 0.6) is 0 Å². The van der Waals surface area contributed by atoms with Crippen molar-refractivity contribution in [2.45, 2.75) is 57.5 Å². The number of hydrogen-bond donors (Lipinski definition) is 1. The summed E-state index contributed by atoms with van der Waals surface area (Å²) in [6, 6.07) is 21.6. The van der Waals surface area contributed by atoms with Crippen molar-refractivity contribution in [2.24, 2.45) is 0 Å². The van der Waals surface area contributed by atoms with Gasteiger partial charge in [0.2, 0.25) is 5.91 Å². The number of halogens is 1. The second-order valence-electron chi connectivity index (χ2n) is 11.0. The lowest BCUT2D eigenvalue weighted by Gasteiger charge is -2.33. The van der Waals surface area contributed by atoms with Crippen LogP contribution in [-0.4, -0.2) is 46.0 Å². The van der Waals surface area contributed by atoms with Crippen LogP contribution in [0.25, 0.3) is 10.9 Å². The summed E-state index contributed by atoms with van der Waals surface area (Å²) in [4.78, 5) is 27.0. The average Bonchev–Trinajstić information content (AvgIpc) is 3.33. The zero-order valence-electron chi connectivity index (χ0n) is 23.5. The average molecular weight is 557 g/mol. The van der Waals surface area contributed by atoms with Crippen molar-refractivity contribution in [3.8, 4) is 0 Å². The van der Waals surface area contributed by atoms with E-state index in [1.54, 1.807) is 24.3 Å². The van der Waals surface area contributed by atoms with Gasteiger partial charge < -0.3 is 14.8 Å². The van der Waals surface area contributed by atoms with E-state index >= 15 is 0 Å². The summed E-state index contributed by atoms with van der Waals surface area (Å²) in [5.74, 6) is -0.856. The van der Waals surface area contributed by atoms with Gasteiger partial charge in [0.1, 0.15) is 5.82 Å². The van der Waals surface area contributed by atoms with Crippen molar-refractivity contribution in [1.82, 2.24) is 14.8 Å². The number of non-ortho nitro benzene ring substituents is 1. The van der Waals surface area contributed by atoms with E-state index in [0.717, 1.165) is 47.1 Å². The Morgan fingerprint density at radius 2 is 1.88 bits per heavy atom. The first kappa shape index (κ1) is 28.5. The van der Waals surface area contributed by atoms with Gasteiger partial charge in [-0.05, 0) is 67.6 Å². The van der Waals surface area contributed by atoms with Crippen LogP contribution in [0.2, 0.25) is 0 Å². The molecular formula is C33H37FN4O3. The number of carbonyl (C=O) groups is 1. The summed E-state index contributed by atoms with van der Waals surface area (Å²) in [5.41, 5.74) is 3.52. The molecule has 8 heteroatoms. The van der Waals surface area contributed by atoms with Crippen molar-refractivity contribution in [3.63, 3.8) is 0 Å². The highest BCUT2D eigenvalue weighted by Crippen LogP contribution is 2.37. The highest BCUT2D eigenvalue weighted by Gasteiger charge is 2.25. The zero-order valence-corrected chi connectivity index (χ0v) is 23.5. The second-order valence-corrected chi connectivity index (χ2v) is 11.0. The maximum Gasteiger partial charge on any atom is 0.270 e. The number of amides is 1. The molecule has 5 rings (SSSR count). The third-order valence-electron chi connectivity index (χ3n) is 8.22. The summed E-state index contributed by atoms with van der Waals surface area (Å²) in [5, 5.41) is 15.5. The van der Waals surface area contributed by atoms with E-state index in [0.29, 0.717) is 19.1 Å². The molecule has 2 unspecified atom stereocenters. The van der Waals surface area contributed by atoms with E-state index in [1.807, 2.05) is 36.5 Å². The Bertz CT molecular complexity index is 1490. The topological polar surface area (TPSA) is 80.4 Å². The number of benzene rings is 3. The Morgan fingerprint density at radius 1 is 1.10 bits per heavy atom. The van der Waals surface area contributed by atoms with Gasteiger partial charge in [0.05, 0.1) is 4.92 Å². The third-order valence-corrected chi connectivity index (χ3v) is 8.22. The molecule has 0 bridgehead atoms. The first-order chi connectivity index (χ1) is 19.9. The number of piperidine rings is 1. The standard InChI is InChI=1S/C33H37FN4O3/c1-24-8-5-6-18-36(24)19-7-17-35-33(39)21-29(26-11-13-27(34)14-12-26)31-23-37(22-25-9-3-2-4-10-25)32-16-15-28(38(40)41)20-30(31)32/h2-4,9-16,20,23-24,29H,5-8,17-19,21-22H2,1H3,(H,35,39). The van der Waals surface area contributed by atoms with Crippen molar-refractivity contribution in [2.75, 3.05) is 19.6 Å². The Morgan fingerprint density at radius 3 is 2.61 bits per heavy atom. The van der Waals surface area contributed by atoms with Crippen LogP contribution in [0.15, 0.2) is 79.0 Å². The summed E-state index contributed by atoms with van der Waals surface area (Å²) >= 11 is 0. The van der Waals surface area contributed by atoms with E-state index in [1.165, 1.54) is 37.5 Å². The van der Waals surface area contributed by atoms with E-state index < -0.39 is 10.8 Å². The lowest BCUT2D eigenvalue weighted by Crippen LogP contribution is -2.39. The molecule has 1 amide bonds. The van der Waals surface area contributed by atoms with E-state index in [4.69, 9.17) is 0 Å². The van der Waals surface area contributed by atoms with Crippen LogP contribution < -0.4 is 5.32 Å². The van der Waals surface area contributed by atoms with Gasteiger partial charge in [-0.2, -0.15) is 0 Å². The highest BCUT2D eigenvalue weighted by molar-refractivity contribution is 5.88. The minimum atomic E-state index is -0.403. The van der Waals surface area contributed by atoms with Crippen LogP contribution in [0, 0.1) is 15.9 Å². The molecule has 1 aliphatic heterocycles. The fourth-order valence-corrected chi connectivity index (χ4v) is 5.97. The number of nitro groups is 1. The molecule has 1 aromatic heterocycles. The molecule has 1 saturated heterocycles. The summed E-state index contributed by atoms with van der Waals surface area (Å²) in [7, 11) is 0. The molecule has 41 heavy (non-hydrogen) atoms.